The largest absolute Gasteiger partial charge is 0.489 e. The molecule has 0 aliphatic carbocycles. The third kappa shape index (κ3) is 2.98. The van der Waals surface area contributed by atoms with Crippen LogP contribution in [0, 0.1) is 10.5 Å². The number of benzene rings is 2. The third-order valence-electron chi connectivity index (χ3n) is 2.34. The lowest BCUT2D eigenvalue weighted by atomic mass is 10.2. The van der Waals surface area contributed by atoms with E-state index < -0.39 is 0 Å². The molecule has 16 heavy (non-hydrogen) atoms. The minimum Gasteiger partial charge on any atom is -0.489 e. The lowest BCUT2D eigenvalue weighted by Gasteiger charge is -2.08. The number of halogens is 1. The standard InChI is InChI=1S/C14H13IO/c1-11-5-4-7-13(9-11)16-10-12-6-2-3-8-14(12)15/h2-9H,10H2,1H3. The molecule has 0 fully saturated rings. The number of hydrogen-bond acceptors (Lipinski definition) is 1. The maximum atomic E-state index is 5.75. The van der Waals surface area contributed by atoms with Gasteiger partial charge in [0.25, 0.3) is 0 Å². The van der Waals surface area contributed by atoms with Gasteiger partial charge in [0.15, 0.2) is 0 Å². The first-order chi connectivity index (χ1) is 7.75. The molecule has 82 valence electrons. The van der Waals surface area contributed by atoms with E-state index in [1.807, 2.05) is 24.3 Å². The molecular formula is C14H13IO. The van der Waals surface area contributed by atoms with Crippen molar-refractivity contribution in [3.8, 4) is 5.75 Å². The Balaban J connectivity index is 2.05. The number of hydrogen-bond donors (Lipinski definition) is 0. The summed E-state index contributed by atoms with van der Waals surface area (Å²) in [5, 5.41) is 0. The molecule has 2 aromatic carbocycles. The van der Waals surface area contributed by atoms with Crippen molar-refractivity contribution < 1.29 is 4.74 Å². The van der Waals surface area contributed by atoms with Crippen molar-refractivity contribution in [3.05, 3.63) is 63.2 Å². The highest BCUT2D eigenvalue weighted by molar-refractivity contribution is 14.1. The van der Waals surface area contributed by atoms with E-state index in [2.05, 4.69) is 53.8 Å². The van der Waals surface area contributed by atoms with E-state index in [1.165, 1.54) is 14.7 Å². The Kier molecular flexibility index (Phi) is 3.83. The van der Waals surface area contributed by atoms with E-state index in [4.69, 9.17) is 4.74 Å². The zero-order valence-electron chi connectivity index (χ0n) is 9.11. The summed E-state index contributed by atoms with van der Waals surface area (Å²) < 4.78 is 6.99. The summed E-state index contributed by atoms with van der Waals surface area (Å²) in [6, 6.07) is 16.4. The highest BCUT2D eigenvalue weighted by Gasteiger charge is 1.99. The SMILES string of the molecule is Cc1cccc(OCc2ccccc2I)c1. The van der Waals surface area contributed by atoms with Crippen LogP contribution in [0.15, 0.2) is 48.5 Å². The summed E-state index contributed by atoms with van der Waals surface area (Å²) >= 11 is 2.33. The van der Waals surface area contributed by atoms with Crippen LogP contribution in [-0.4, -0.2) is 0 Å². The second-order valence-corrected chi connectivity index (χ2v) is 4.86. The first kappa shape index (κ1) is 11.5. The predicted molar refractivity (Wildman–Crippen MR) is 74.7 cm³/mol. The molecule has 2 rings (SSSR count). The lowest BCUT2D eigenvalue weighted by Crippen LogP contribution is -1.97. The van der Waals surface area contributed by atoms with Crippen molar-refractivity contribution >= 4 is 22.6 Å². The Hall–Kier alpha value is -1.03. The molecule has 0 unspecified atom stereocenters. The van der Waals surface area contributed by atoms with E-state index in [0.29, 0.717) is 6.61 Å². The molecule has 1 nitrogen and oxygen atoms in total. The molecule has 0 aliphatic rings. The Labute approximate surface area is 110 Å². The van der Waals surface area contributed by atoms with Crippen LogP contribution in [0.1, 0.15) is 11.1 Å². The van der Waals surface area contributed by atoms with Crippen LogP contribution < -0.4 is 4.74 Å². The molecule has 2 aromatic rings. The van der Waals surface area contributed by atoms with Crippen LogP contribution in [-0.2, 0) is 6.61 Å². The van der Waals surface area contributed by atoms with Crippen LogP contribution >= 0.6 is 22.6 Å². The van der Waals surface area contributed by atoms with E-state index in [1.54, 1.807) is 0 Å². The Morgan fingerprint density at radius 3 is 2.62 bits per heavy atom. The van der Waals surface area contributed by atoms with Gasteiger partial charge in [-0.05, 0) is 53.3 Å². The zero-order chi connectivity index (χ0) is 11.4. The molecule has 0 saturated heterocycles. The predicted octanol–water partition coefficient (Wildman–Crippen LogP) is 4.18. The average molecular weight is 324 g/mol. The summed E-state index contributed by atoms with van der Waals surface area (Å²) in [6.45, 7) is 2.70. The van der Waals surface area contributed by atoms with Gasteiger partial charge in [0, 0.05) is 9.13 Å². The van der Waals surface area contributed by atoms with Gasteiger partial charge < -0.3 is 4.74 Å². The fraction of sp³-hybridized carbons (Fsp3) is 0.143. The van der Waals surface area contributed by atoms with Crippen molar-refractivity contribution in [1.29, 1.82) is 0 Å². The monoisotopic (exact) mass is 324 g/mol. The van der Waals surface area contributed by atoms with Gasteiger partial charge in [0.05, 0.1) is 0 Å². The number of rotatable bonds is 3. The lowest BCUT2D eigenvalue weighted by molar-refractivity contribution is 0.305. The van der Waals surface area contributed by atoms with Gasteiger partial charge in [-0.3, -0.25) is 0 Å². The maximum absolute atomic E-state index is 5.75. The summed E-state index contributed by atoms with van der Waals surface area (Å²) in [7, 11) is 0. The molecule has 0 heterocycles. The van der Waals surface area contributed by atoms with E-state index in [-0.39, 0.29) is 0 Å². The number of aryl methyl sites for hydroxylation is 1. The quantitative estimate of drug-likeness (QED) is 0.770. The zero-order valence-corrected chi connectivity index (χ0v) is 11.3. The van der Waals surface area contributed by atoms with Gasteiger partial charge in [0.2, 0.25) is 0 Å². The van der Waals surface area contributed by atoms with Crippen LogP contribution in [0.4, 0.5) is 0 Å². The van der Waals surface area contributed by atoms with Crippen molar-refractivity contribution in [3.63, 3.8) is 0 Å². The highest BCUT2D eigenvalue weighted by Crippen LogP contribution is 2.17. The van der Waals surface area contributed by atoms with Gasteiger partial charge in [0.1, 0.15) is 12.4 Å². The first-order valence-corrected chi connectivity index (χ1v) is 6.26. The van der Waals surface area contributed by atoms with Gasteiger partial charge in [-0.15, -0.1) is 0 Å². The molecule has 0 N–H and O–H groups in total. The fourth-order valence-electron chi connectivity index (χ4n) is 1.48. The molecule has 2 heteroatoms. The summed E-state index contributed by atoms with van der Waals surface area (Å²) in [5.41, 5.74) is 2.45. The topological polar surface area (TPSA) is 9.23 Å². The van der Waals surface area contributed by atoms with Crippen molar-refractivity contribution in [2.45, 2.75) is 13.5 Å². The molecule has 0 bridgehead atoms. The Morgan fingerprint density at radius 2 is 1.88 bits per heavy atom. The average Bonchev–Trinajstić information content (AvgIpc) is 2.28. The van der Waals surface area contributed by atoms with Gasteiger partial charge >= 0.3 is 0 Å². The van der Waals surface area contributed by atoms with Gasteiger partial charge in [-0.25, -0.2) is 0 Å². The van der Waals surface area contributed by atoms with Gasteiger partial charge in [-0.1, -0.05) is 30.3 Å². The molecule has 0 aromatic heterocycles. The molecule has 0 amide bonds. The minimum absolute atomic E-state index is 0.628. The van der Waals surface area contributed by atoms with E-state index in [0.717, 1.165) is 5.75 Å². The molecule has 0 aliphatic heterocycles. The van der Waals surface area contributed by atoms with E-state index in [9.17, 15) is 0 Å². The van der Waals surface area contributed by atoms with E-state index >= 15 is 0 Å². The first-order valence-electron chi connectivity index (χ1n) is 5.18. The second kappa shape index (κ2) is 5.34. The molecule has 0 radical (unpaired) electrons. The van der Waals surface area contributed by atoms with Crippen LogP contribution in [0.3, 0.4) is 0 Å². The second-order valence-electron chi connectivity index (χ2n) is 3.70. The van der Waals surface area contributed by atoms with Crippen LogP contribution in [0.2, 0.25) is 0 Å². The Bertz CT molecular complexity index is 480. The molecule has 0 saturated carbocycles. The molecular weight excluding hydrogens is 311 g/mol. The third-order valence-corrected chi connectivity index (χ3v) is 3.39. The van der Waals surface area contributed by atoms with Crippen molar-refractivity contribution in [2.24, 2.45) is 0 Å². The van der Waals surface area contributed by atoms with Gasteiger partial charge in [-0.2, -0.15) is 0 Å². The van der Waals surface area contributed by atoms with Crippen LogP contribution in [0.25, 0.3) is 0 Å². The van der Waals surface area contributed by atoms with Crippen LogP contribution in [0.5, 0.6) is 5.75 Å². The Morgan fingerprint density at radius 1 is 1.06 bits per heavy atom. The van der Waals surface area contributed by atoms with Crippen molar-refractivity contribution in [2.75, 3.05) is 0 Å². The summed E-state index contributed by atoms with van der Waals surface area (Å²) in [5.74, 6) is 0.930. The minimum atomic E-state index is 0.628. The number of ether oxygens (including phenoxy) is 1. The summed E-state index contributed by atoms with van der Waals surface area (Å²) in [6.07, 6.45) is 0. The highest BCUT2D eigenvalue weighted by atomic mass is 127. The normalized spacial score (nSPS) is 10.1. The molecule has 0 spiro atoms. The smallest absolute Gasteiger partial charge is 0.120 e. The fourth-order valence-corrected chi connectivity index (χ4v) is 2.02. The maximum Gasteiger partial charge on any atom is 0.120 e. The van der Waals surface area contributed by atoms with Crippen molar-refractivity contribution in [1.82, 2.24) is 0 Å². The molecule has 0 atom stereocenters. The summed E-state index contributed by atoms with van der Waals surface area (Å²) in [4.78, 5) is 0.